The number of nitrogens with zero attached hydrogens (tertiary/aromatic N) is 3. The van der Waals surface area contributed by atoms with Crippen molar-refractivity contribution in [2.75, 3.05) is 13.2 Å². The minimum Gasteiger partial charge on any atom is -0.491 e. The van der Waals surface area contributed by atoms with Gasteiger partial charge in [0.15, 0.2) is 11.6 Å². The summed E-state index contributed by atoms with van der Waals surface area (Å²) in [6.45, 7) is 7.41. The number of amides is 1. The van der Waals surface area contributed by atoms with E-state index in [0.29, 0.717) is 45.1 Å². The summed E-state index contributed by atoms with van der Waals surface area (Å²) in [5.41, 5.74) is 2.77. The van der Waals surface area contributed by atoms with E-state index in [1.807, 2.05) is 49.5 Å². The number of carbonyl (C=O) groups is 1. The van der Waals surface area contributed by atoms with E-state index in [-0.39, 0.29) is 11.7 Å². The zero-order chi connectivity index (χ0) is 27.1. The molecule has 8 heteroatoms. The van der Waals surface area contributed by atoms with E-state index >= 15 is 0 Å². The topological polar surface area (TPSA) is 47.4 Å². The van der Waals surface area contributed by atoms with Crippen LogP contribution in [0, 0.1) is 11.7 Å². The number of benzene rings is 2. The Labute approximate surface area is 234 Å². The number of para-hydroxylation sites is 1. The third kappa shape index (κ3) is 6.53. The van der Waals surface area contributed by atoms with Crippen LogP contribution in [0.25, 0.3) is 23.0 Å². The summed E-state index contributed by atoms with van der Waals surface area (Å²) in [6, 6.07) is 14.6. The minimum absolute atomic E-state index is 0.0807. The maximum absolute atomic E-state index is 14.9. The molecule has 1 amide bonds. The third-order valence-corrected chi connectivity index (χ3v) is 7.95. The van der Waals surface area contributed by atoms with Crippen molar-refractivity contribution in [1.29, 1.82) is 0 Å². The van der Waals surface area contributed by atoms with E-state index < -0.39 is 5.82 Å². The first-order valence-electron chi connectivity index (χ1n) is 13.3. The molecule has 0 N–H and O–H groups in total. The second-order valence-electron chi connectivity index (χ2n) is 9.42. The van der Waals surface area contributed by atoms with Crippen molar-refractivity contribution in [3.05, 3.63) is 71.0 Å². The van der Waals surface area contributed by atoms with Crippen LogP contribution in [0.4, 0.5) is 4.39 Å². The van der Waals surface area contributed by atoms with Crippen molar-refractivity contribution in [1.82, 2.24) is 14.7 Å². The predicted molar refractivity (Wildman–Crippen MR) is 158 cm³/mol. The lowest BCUT2D eigenvalue weighted by molar-refractivity contribution is -0.122. The number of thiocarbonyl (C=S) groups is 1. The Balaban J connectivity index is 1.69. The van der Waals surface area contributed by atoms with Crippen molar-refractivity contribution < 1.29 is 13.9 Å². The number of hydrogen-bond acceptors (Lipinski definition) is 5. The van der Waals surface area contributed by atoms with Gasteiger partial charge in [0.25, 0.3) is 5.91 Å². The van der Waals surface area contributed by atoms with Gasteiger partial charge in [0.05, 0.1) is 17.2 Å². The summed E-state index contributed by atoms with van der Waals surface area (Å²) < 4.78 is 22.7. The number of ether oxygens (including phenoxy) is 1. The molecule has 2 heterocycles. The largest absolute Gasteiger partial charge is 0.491 e. The molecule has 0 saturated carbocycles. The molecule has 38 heavy (non-hydrogen) atoms. The van der Waals surface area contributed by atoms with Crippen LogP contribution in [0.3, 0.4) is 0 Å². The molecule has 1 fully saturated rings. The van der Waals surface area contributed by atoms with E-state index in [1.54, 1.807) is 21.7 Å². The fourth-order valence-electron chi connectivity index (χ4n) is 4.38. The highest BCUT2D eigenvalue weighted by molar-refractivity contribution is 8.26. The fraction of sp³-hybridized carbons (Fsp3) is 0.367. The van der Waals surface area contributed by atoms with E-state index in [1.165, 1.54) is 17.8 Å². The van der Waals surface area contributed by atoms with Gasteiger partial charge >= 0.3 is 0 Å². The lowest BCUT2D eigenvalue weighted by atomic mass is 9.99. The molecule has 0 radical (unpaired) electrons. The molecule has 1 unspecified atom stereocenters. The normalized spacial score (nSPS) is 15.5. The van der Waals surface area contributed by atoms with Crippen LogP contribution in [0.1, 0.15) is 58.4 Å². The highest BCUT2D eigenvalue weighted by Crippen LogP contribution is 2.36. The van der Waals surface area contributed by atoms with Gasteiger partial charge in [-0.05, 0) is 55.2 Å². The van der Waals surface area contributed by atoms with Crippen molar-refractivity contribution in [3.8, 4) is 22.7 Å². The smallest absolute Gasteiger partial charge is 0.266 e. The Morgan fingerprint density at radius 1 is 1.13 bits per heavy atom. The molecule has 4 rings (SSSR count). The molecule has 1 saturated heterocycles. The molecule has 0 aliphatic carbocycles. The molecular weight excluding hydrogens is 517 g/mol. The quantitative estimate of drug-likeness (QED) is 0.169. The van der Waals surface area contributed by atoms with Crippen LogP contribution >= 0.6 is 24.0 Å². The summed E-state index contributed by atoms with van der Waals surface area (Å²) in [5.74, 6) is 0.113. The Kier molecular flexibility index (Phi) is 9.74. The maximum Gasteiger partial charge on any atom is 0.266 e. The van der Waals surface area contributed by atoms with Gasteiger partial charge in [-0.3, -0.25) is 9.69 Å². The molecule has 1 aliphatic heterocycles. The Morgan fingerprint density at radius 2 is 1.92 bits per heavy atom. The van der Waals surface area contributed by atoms with Gasteiger partial charge in [0, 0.05) is 23.9 Å². The lowest BCUT2D eigenvalue weighted by Gasteiger charge is -2.21. The van der Waals surface area contributed by atoms with Crippen LogP contribution in [-0.4, -0.2) is 38.1 Å². The SMILES string of the molecule is CCCCC(CC)CN1C(=O)C(=Cc2cn(-c3ccccc3)nc2-c2ccc(OCCC)c(F)c2)SC1=S. The molecule has 2 aromatic carbocycles. The average Bonchev–Trinajstić information content (AvgIpc) is 3.46. The van der Waals surface area contributed by atoms with Gasteiger partial charge < -0.3 is 4.74 Å². The molecular formula is C30H34FN3O2S2. The van der Waals surface area contributed by atoms with E-state index in [0.717, 1.165) is 37.8 Å². The molecule has 0 spiro atoms. The van der Waals surface area contributed by atoms with Crippen molar-refractivity contribution >= 4 is 40.3 Å². The number of unbranched alkanes of at least 4 members (excludes halogenated alkanes) is 1. The monoisotopic (exact) mass is 551 g/mol. The number of carbonyl (C=O) groups excluding carboxylic acids is 1. The summed E-state index contributed by atoms with van der Waals surface area (Å²) in [6.07, 6.45) is 8.86. The summed E-state index contributed by atoms with van der Waals surface area (Å²) >= 11 is 6.92. The van der Waals surface area contributed by atoms with Gasteiger partial charge in [-0.15, -0.1) is 0 Å². The zero-order valence-electron chi connectivity index (χ0n) is 22.2. The molecule has 1 aliphatic rings. The average molecular weight is 552 g/mol. The summed E-state index contributed by atoms with van der Waals surface area (Å²) in [7, 11) is 0. The van der Waals surface area contributed by atoms with Crippen LogP contribution in [0.2, 0.25) is 0 Å². The first kappa shape index (κ1) is 28.0. The van der Waals surface area contributed by atoms with Gasteiger partial charge in [-0.25, -0.2) is 9.07 Å². The van der Waals surface area contributed by atoms with Crippen LogP contribution < -0.4 is 4.74 Å². The number of thioether (sulfide) groups is 1. The highest BCUT2D eigenvalue weighted by atomic mass is 32.2. The predicted octanol–water partition coefficient (Wildman–Crippen LogP) is 7.88. The first-order valence-corrected chi connectivity index (χ1v) is 14.5. The minimum atomic E-state index is -0.444. The molecule has 3 aromatic rings. The van der Waals surface area contributed by atoms with Crippen molar-refractivity contribution in [2.24, 2.45) is 5.92 Å². The highest BCUT2D eigenvalue weighted by Gasteiger charge is 2.33. The summed E-state index contributed by atoms with van der Waals surface area (Å²) in [5, 5.41) is 4.78. The maximum atomic E-state index is 14.9. The van der Waals surface area contributed by atoms with E-state index in [4.69, 9.17) is 22.1 Å². The molecule has 0 bridgehead atoms. The standard InChI is InChI=1S/C30H34FN3O2S2/c1-4-7-11-21(6-3)19-33-29(35)27(38-30(33)37)18-23-20-34(24-12-9-8-10-13-24)32-28(23)22-14-15-26(25(31)17-22)36-16-5-2/h8-10,12-15,17-18,20-21H,4-7,11,16,19H2,1-3H3. The van der Waals surface area contributed by atoms with E-state index in [9.17, 15) is 9.18 Å². The Bertz CT molecular complexity index is 1310. The first-order chi connectivity index (χ1) is 18.4. The van der Waals surface area contributed by atoms with Gasteiger partial charge in [0.1, 0.15) is 10.0 Å². The Morgan fingerprint density at radius 3 is 2.61 bits per heavy atom. The number of rotatable bonds is 12. The van der Waals surface area contributed by atoms with Gasteiger partial charge in [-0.2, -0.15) is 5.10 Å². The van der Waals surface area contributed by atoms with Crippen molar-refractivity contribution in [3.63, 3.8) is 0 Å². The van der Waals surface area contributed by atoms with Crippen molar-refractivity contribution in [2.45, 2.75) is 52.9 Å². The molecule has 1 aromatic heterocycles. The number of halogens is 1. The third-order valence-electron chi connectivity index (χ3n) is 6.57. The van der Waals surface area contributed by atoms with Gasteiger partial charge in [0.2, 0.25) is 0 Å². The second kappa shape index (κ2) is 13.2. The molecule has 5 nitrogen and oxygen atoms in total. The number of hydrogen-bond donors (Lipinski definition) is 0. The van der Waals surface area contributed by atoms with E-state index in [2.05, 4.69) is 13.8 Å². The lowest BCUT2D eigenvalue weighted by Crippen LogP contribution is -2.33. The summed E-state index contributed by atoms with van der Waals surface area (Å²) in [4.78, 5) is 15.7. The Hall–Kier alpha value is -2.97. The zero-order valence-corrected chi connectivity index (χ0v) is 23.8. The van der Waals surface area contributed by atoms with Crippen LogP contribution in [0.5, 0.6) is 5.75 Å². The fourth-order valence-corrected chi connectivity index (χ4v) is 5.65. The molecule has 200 valence electrons. The molecule has 1 atom stereocenters. The van der Waals surface area contributed by atoms with Crippen LogP contribution in [-0.2, 0) is 4.79 Å². The van der Waals surface area contributed by atoms with Gasteiger partial charge in [-0.1, -0.05) is 82.2 Å². The van der Waals surface area contributed by atoms with Crippen LogP contribution in [0.15, 0.2) is 59.6 Å². The number of aromatic nitrogens is 2. The second-order valence-corrected chi connectivity index (χ2v) is 11.1.